The van der Waals surface area contributed by atoms with Crippen molar-refractivity contribution in [3.8, 4) is 5.75 Å². The van der Waals surface area contributed by atoms with E-state index in [9.17, 15) is 14.4 Å². The maximum absolute atomic E-state index is 12.4. The first kappa shape index (κ1) is 25.8. The molecule has 1 aliphatic rings. The van der Waals surface area contributed by atoms with Gasteiger partial charge in [-0.2, -0.15) is 0 Å². The molecule has 0 bridgehead atoms. The van der Waals surface area contributed by atoms with Crippen molar-refractivity contribution in [1.29, 1.82) is 0 Å². The van der Waals surface area contributed by atoms with E-state index in [1.165, 1.54) is 0 Å². The number of nitrogens with one attached hydrogen (secondary N) is 2. The van der Waals surface area contributed by atoms with Gasteiger partial charge in [0.2, 0.25) is 5.91 Å². The first-order valence-electron chi connectivity index (χ1n) is 11.0. The molecule has 1 atom stereocenters. The van der Waals surface area contributed by atoms with Gasteiger partial charge < -0.3 is 25.0 Å². The minimum absolute atomic E-state index is 0.00790. The highest BCUT2D eigenvalue weighted by molar-refractivity contribution is 6.30. The van der Waals surface area contributed by atoms with Gasteiger partial charge in [-0.25, -0.2) is 4.79 Å². The zero-order chi connectivity index (χ0) is 23.7. The summed E-state index contributed by atoms with van der Waals surface area (Å²) in [6.07, 6.45) is 0.736. The van der Waals surface area contributed by atoms with Crippen LogP contribution < -0.4 is 15.4 Å². The van der Waals surface area contributed by atoms with Crippen LogP contribution in [0.3, 0.4) is 0 Å². The first-order valence-corrected chi connectivity index (χ1v) is 11.4. The summed E-state index contributed by atoms with van der Waals surface area (Å²) in [6.45, 7) is 9.15. The number of benzene rings is 1. The summed E-state index contributed by atoms with van der Waals surface area (Å²) in [5.74, 6) is 0.732. The molecule has 8 nitrogen and oxygen atoms in total. The maximum Gasteiger partial charge on any atom is 0.407 e. The molecular formula is C23H34ClN3O5. The Bertz CT molecular complexity index is 771. The molecule has 0 radical (unpaired) electrons. The van der Waals surface area contributed by atoms with Crippen LogP contribution in [0, 0.1) is 5.92 Å². The number of alkyl carbamates (subject to hydrolysis) is 1. The van der Waals surface area contributed by atoms with Gasteiger partial charge in [-0.05, 0) is 70.7 Å². The van der Waals surface area contributed by atoms with Crippen molar-refractivity contribution in [2.75, 3.05) is 26.2 Å². The van der Waals surface area contributed by atoms with Crippen LogP contribution in [-0.4, -0.2) is 60.7 Å². The third kappa shape index (κ3) is 9.34. The van der Waals surface area contributed by atoms with E-state index in [1.807, 2.05) is 0 Å². The maximum atomic E-state index is 12.4. The van der Waals surface area contributed by atoms with E-state index in [-0.39, 0.29) is 24.8 Å². The van der Waals surface area contributed by atoms with Crippen molar-refractivity contribution >= 4 is 29.5 Å². The number of ether oxygens (including phenoxy) is 2. The molecule has 1 aliphatic heterocycles. The standard InChI is InChI=1S/C23H34ClN3O5/c1-16(31-19-7-5-18(24)6-8-19)21(29)26-15-17-10-13-27(14-11-17)20(28)9-12-25-22(30)32-23(2,3)4/h5-8,16-17H,9-15H2,1-4H3,(H,25,30)(H,26,29). The molecule has 0 spiro atoms. The van der Waals surface area contributed by atoms with E-state index >= 15 is 0 Å². The summed E-state index contributed by atoms with van der Waals surface area (Å²) < 4.78 is 10.8. The molecule has 0 saturated carbocycles. The van der Waals surface area contributed by atoms with Crippen LogP contribution >= 0.6 is 11.6 Å². The van der Waals surface area contributed by atoms with Gasteiger partial charge in [0.25, 0.3) is 5.91 Å². The number of piperidine rings is 1. The van der Waals surface area contributed by atoms with E-state index in [4.69, 9.17) is 21.1 Å². The van der Waals surface area contributed by atoms with Crippen LogP contribution in [0.5, 0.6) is 5.75 Å². The Morgan fingerprint density at radius 1 is 1.12 bits per heavy atom. The van der Waals surface area contributed by atoms with Crippen molar-refractivity contribution in [2.24, 2.45) is 5.92 Å². The van der Waals surface area contributed by atoms with Gasteiger partial charge in [0.1, 0.15) is 11.4 Å². The number of hydrogen-bond acceptors (Lipinski definition) is 5. The highest BCUT2D eigenvalue weighted by atomic mass is 35.5. The summed E-state index contributed by atoms with van der Waals surface area (Å²) in [7, 11) is 0. The predicted molar refractivity (Wildman–Crippen MR) is 123 cm³/mol. The summed E-state index contributed by atoms with van der Waals surface area (Å²) in [6, 6.07) is 6.87. The van der Waals surface area contributed by atoms with Crippen molar-refractivity contribution < 1.29 is 23.9 Å². The van der Waals surface area contributed by atoms with E-state index < -0.39 is 17.8 Å². The second kappa shape index (κ2) is 11.9. The van der Waals surface area contributed by atoms with Crippen LogP contribution in [0.25, 0.3) is 0 Å². The molecule has 9 heteroatoms. The SMILES string of the molecule is CC(Oc1ccc(Cl)cc1)C(=O)NCC1CCN(C(=O)CCNC(=O)OC(C)(C)C)CC1. The molecule has 1 saturated heterocycles. The molecule has 2 N–H and O–H groups in total. The third-order valence-corrected chi connectivity index (χ3v) is 5.29. The number of rotatable bonds is 8. The molecular weight excluding hydrogens is 434 g/mol. The van der Waals surface area contributed by atoms with Gasteiger partial charge >= 0.3 is 6.09 Å². The largest absolute Gasteiger partial charge is 0.481 e. The number of halogens is 1. The molecule has 1 unspecified atom stereocenters. The fourth-order valence-electron chi connectivity index (χ4n) is 3.29. The Hall–Kier alpha value is -2.48. The number of likely N-dealkylation sites (tertiary alicyclic amines) is 1. The van der Waals surface area contributed by atoms with Crippen molar-refractivity contribution in [1.82, 2.24) is 15.5 Å². The molecule has 0 aromatic heterocycles. The van der Waals surface area contributed by atoms with E-state index in [0.29, 0.717) is 36.3 Å². The second-order valence-electron chi connectivity index (χ2n) is 8.96. The number of nitrogens with zero attached hydrogens (tertiary/aromatic N) is 1. The number of carbonyl (C=O) groups excluding carboxylic acids is 3. The lowest BCUT2D eigenvalue weighted by molar-refractivity contribution is -0.133. The monoisotopic (exact) mass is 467 g/mol. The highest BCUT2D eigenvalue weighted by Crippen LogP contribution is 2.18. The molecule has 178 valence electrons. The molecule has 3 amide bonds. The molecule has 32 heavy (non-hydrogen) atoms. The van der Waals surface area contributed by atoms with Crippen molar-refractivity contribution in [2.45, 2.75) is 58.7 Å². The Kier molecular flexibility index (Phi) is 9.62. The Morgan fingerprint density at radius 2 is 1.75 bits per heavy atom. The molecule has 0 aliphatic carbocycles. The molecule has 1 fully saturated rings. The molecule has 1 aromatic rings. The Morgan fingerprint density at radius 3 is 2.34 bits per heavy atom. The Balaban J connectivity index is 1.62. The summed E-state index contributed by atoms with van der Waals surface area (Å²) in [5.41, 5.74) is -0.564. The molecule has 1 heterocycles. The molecule has 1 aromatic carbocycles. The van der Waals surface area contributed by atoms with Crippen LogP contribution in [-0.2, 0) is 14.3 Å². The normalized spacial score (nSPS) is 15.6. The quantitative estimate of drug-likeness (QED) is 0.611. The van der Waals surface area contributed by atoms with Gasteiger partial charge in [-0.3, -0.25) is 9.59 Å². The van der Waals surface area contributed by atoms with Gasteiger partial charge in [0.05, 0.1) is 0 Å². The van der Waals surface area contributed by atoms with Gasteiger partial charge in [0, 0.05) is 37.6 Å². The fourth-order valence-corrected chi connectivity index (χ4v) is 3.42. The zero-order valence-electron chi connectivity index (χ0n) is 19.3. The smallest absolute Gasteiger partial charge is 0.407 e. The minimum Gasteiger partial charge on any atom is -0.481 e. The summed E-state index contributed by atoms with van der Waals surface area (Å²) in [5, 5.41) is 6.15. The van der Waals surface area contributed by atoms with Crippen molar-refractivity contribution in [3.05, 3.63) is 29.3 Å². The lowest BCUT2D eigenvalue weighted by Crippen LogP contribution is -2.44. The molecule has 2 rings (SSSR count). The van der Waals surface area contributed by atoms with Crippen LogP contribution in [0.2, 0.25) is 5.02 Å². The average molecular weight is 468 g/mol. The zero-order valence-corrected chi connectivity index (χ0v) is 20.0. The lowest BCUT2D eigenvalue weighted by Gasteiger charge is -2.32. The average Bonchev–Trinajstić information content (AvgIpc) is 2.72. The number of carbonyl (C=O) groups is 3. The predicted octanol–water partition coefficient (Wildman–Crippen LogP) is 3.38. The minimum atomic E-state index is -0.615. The van der Waals surface area contributed by atoms with Gasteiger partial charge in [-0.15, -0.1) is 0 Å². The van der Waals surface area contributed by atoms with Crippen LogP contribution in [0.15, 0.2) is 24.3 Å². The fraction of sp³-hybridized carbons (Fsp3) is 0.609. The van der Waals surface area contributed by atoms with E-state index in [0.717, 1.165) is 12.8 Å². The Labute approximate surface area is 195 Å². The van der Waals surface area contributed by atoms with E-state index in [1.54, 1.807) is 56.9 Å². The van der Waals surface area contributed by atoms with Gasteiger partial charge in [0.15, 0.2) is 6.10 Å². The van der Waals surface area contributed by atoms with Gasteiger partial charge in [-0.1, -0.05) is 11.6 Å². The topological polar surface area (TPSA) is 97.0 Å². The van der Waals surface area contributed by atoms with E-state index in [2.05, 4.69) is 10.6 Å². The number of amides is 3. The number of hydrogen-bond donors (Lipinski definition) is 2. The highest BCUT2D eigenvalue weighted by Gasteiger charge is 2.24. The van der Waals surface area contributed by atoms with Crippen molar-refractivity contribution in [3.63, 3.8) is 0 Å². The summed E-state index contributed by atoms with van der Waals surface area (Å²) in [4.78, 5) is 38.1. The van der Waals surface area contributed by atoms with Crippen LogP contribution in [0.1, 0.15) is 47.0 Å². The summed E-state index contributed by atoms with van der Waals surface area (Å²) >= 11 is 5.85. The third-order valence-electron chi connectivity index (χ3n) is 5.04. The first-order chi connectivity index (χ1) is 15.0. The lowest BCUT2D eigenvalue weighted by atomic mass is 9.96. The second-order valence-corrected chi connectivity index (χ2v) is 9.40. The van der Waals surface area contributed by atoms with Crippen LogP contribution in [0.4, 0.5) is 4.79 Å².